The van der Waals surface area contributed by atoms with Gasteiger partial charge in [0.25, 0.3) is 0 Å². The highest BCUT2D eigenvalue weighted by Gasteiger charge is 2.18. The van der Waals surface area contributed by atoms with Crippen molar-refractivity contribution in [1.29, 1.82) is 0 Å². The third-order valence-electron chi connectivity index (χ3n) is 3.29. The van der Waals surface area contributed by atoms with Crippen molar-refractivity contribution in [3.8, 4) is 11.5 Å². The summed E-state index contributed by atoms with van der Waals surface area (Å²) in [7, 11) is 0. The van der Waals surface area contributed by atoms with Gasteiger partial charge in [-0.2, -0.15) is 0 Å². The second kappa shape index (κ2) is 5.13. The smallest absolute Gasteiger partial charge is 0.246 e. The predicted molar refractivity (Wildman–Crippen MR) is 72.4 cm³/mol. The monoisotopic (exact) mass is 279 g/mol. The van der Waals surface area contributed by atoms with Gasteiger partial charge in [-0.05, 0) is 36.6 Å². The van der Waals surface area contributed by atoms with Gasteiger partial charge in [-0.1, -0.05) is 11.6 Å². The zero-order chi connectivity index (χ0) is 13.2. The van der Waals surface area contributed by atoms with E-state index in [1.54, 1.807) is 18.2 Å². The molecule has 0 N–H and O–H groups in total. The lowest BCUT2D eigenvalue weighted by molar-refractivity contribution is -0.124. The second-order valence-electron chi connectivity index (χ2n) is 4.60. The number of amides is 1. The Morgan fingerprint density at radius 3 is 2.84 bits per heavy atom. The van der Waals surface area contributed by atoms with Crippen LogP contribution in [0.4, 0.5) is 0 Å². The lowest BCUT2D eigenvalue weighted by atomic mass is 10.2. The average molecular weight is 280 g/mol. The first-order valence-electron chi connectivity index (χ1n) is 6.30. The normalized spacial score (nSPS) is 17.4. The highest BCUT2D eigenvalue weighted by atomic mass is 35.5. The Morgan fingerprint density at radius 1 is 1.26 bits per heavy atom. The Bertz CT molecular complexity index is 536. The van der Waals surface area contributed by atoms with Crippen molar-refractivity contribution in [2.24, 2.45) is 0 Å². The van der Waals surface area contributed by atoms with Gasteiger partial charge >= 0.3 is 0 Å². The summed E-state index contributed by atoms with van der Waals surface area (Å²) in [6.07, 6.45) is 5.53. The molecule has 2 aliphatic heterocycles. The second-order valence-corrected chi connectivity index (χ2v) is 5.01. The first-order chi connectivity index (χ1) is 9.24. The largest absolute Gasteiger partial charge is 0.454 e. The molecule has 1 aromatic carbocycles. The molecule has 5 heteroatoms. The predicted octanol–water partition coefficient (Wildman–Crippen LogP) is 2.70. The number of nitrogens with zero attached hydrogens (tertiary/aromatic N) is 1. The van der Waals surface area contributed by atoms with Gasteiger partial charge in [-0.25, -0.2) is 0 Å². The molecule has 0 aromatic heterocycles. The number of carbonyl (C=O) groups is 1. The zero-order valence-electron chi connectivity index (χ0n) is 10.4. The summed E-state index contributed by atoms with van der Waals surface area (Å²) in [6.45, 7) is 1.89. The Hall–Kier alpha value is -1.68. The van der Waals surface area contributed by atoms with Crippen LogP contribution in [0.1, 0.15) is 18.4 Å². The van der Waals surface area contributed by atoms with Crippen molar-refractivity contribution >= 4 is 23.6 Å². The quantitative estimate of drug-likeness (QED) is 0.782. The molecule has 2 aliphatic rings. The highest BCUT2D eigenvalue weighted by Crippen LogP contribution is 2.40. The van der Waals surface area contributed by atoms with Crippen LogP contribution in [0.15, 0.2) is 18.2 Å². The van der Waals surface area contributed by atoms with Crippen molar-refractivity contribution in [3.05, 3.63) is 28.8 Å². The Morgan fingerprint density at radius 2 is 2.05 bits per heavy atom. The molecule has 0 radical (unpaired) electrons. The molecule has 0 spiro atoms. The number of rotatable bonds is 2. The van der Waals surface area contributed by atoms with Crippen molar-refractivity contribution in [1.82, 2.24) is 4.90 Å². The summed E-state index contributed by atoms with van der Waals surface area (Å²) in [4.78, 5) is 13.7. The van der Waals surface area contributed by atoms with Crippen LogP contribution in [0.5, 0.6) is 11.5 Å². The summed E-state index contributed by atoms with van der Waals surface area (Å²) in [5, 5.41) is 0.503. The van der Waals surface area contributed by atoms with Crippen LogP contribution < -0.4 is 9.47 Å². The number of ether oxygens (including phenoxy) is 2. The van der Waals surface area contributed by atoms with Crippen molar-refractivity contribution in [3.63, 3.8) is 0 Å². The van der Waals surface area contributed by atoms with Crippen molar-refractivity contribution in [2.75, 3.05) is 19.9 Å². The fourth-order valence-electron chi connectivity index (χ4n) is 2.29. The van der Waals surface area contributed by atoms with E-state index in [2.05, 4.69) is 0 Å². The lowest BCUT2D eigenvalue weighted by Crippen LogP contribution is -2.25. The summed E-state index contributed by atoms with van der Waals surface area (Å²) < 4.78 is 10.5. The topological polar surface area (TPSA) is 38.8 Å². The molecule has 1 fully saturated rings. The summed E-state index contributed by atoms with van der Waals surface area (Å²) >= 11 is 6.08. The van der Waals surface area contributed by atoms with Crippen molar-refractivity contribution in [2.45, 2.75) is 12.8 Å². The van der Waals surface area contributed by atoms with Crippen LogP contribution in [-0.2, 0) is 4.79 Å². The molecule has 3 rings (SSSR count). The molecule has 0 atom stereocenters. The van der Waals surface area contributed by atoms with Crippen LogP contribution in [-0.4, -0.2) is 30.7 Å². The standard InChI is InChI=1S/C14H14ClNO3/c15-11-7-10(8-12-14(11)19-9-18-12)3-4-13(17)16-5-1-2-6-16/h3-4,7-8H,1-2,5-6,9H2/b4-3+. The number of hydrogen-bond acceptors (Lipinski definition) is 3. The van der Waals surface area contributed by atoms with Gasteiger partial charge in [0, 0.05) is 19.2 Å². The average Bonchev–Trinajstić information content (AvgIpc) is 3.06. The summed E-state index contributed by atoms with van der Waals surface area (Å²) in [5.74, 6) is 1.25. The maximum atomic E-state index is 11.9. The van der Waals surface area contributed by atoms with Gasteiger partial charge < -0.3 is 14.4 Å². The van der Waals surface area contributed by atoms with E-state index in [4.69, 9.17) is 21.1 Å². The molecule has 1 aromatic rings. The third-order valence-corrected chi connectivity index (χ3v) is 3.57. The molecule has 0 saturated carbocycles. The highest BCUT2D eigenvalue weighted by molar-refractivity contribution is 6.32. The molecule has 0 aliphatic carbocycles. The van der Waals surface area contributed by atoms with Crippen LogP contribution in [0.2, 0.25) is 5.02 Å². The van der Waals surface area contributed by atoms with Gasteiger partial charge in [0.15, 0.2) is 11.5 Å². The lowest BCUT2D eigenvalue weighted by Gasteiger charge is -2.11. The summed E-state index contributed by atoms with van der Waals surface area (Å²) in [5.41, 5.74) is 0.835. The number of benzene rings is 1. The van der Waals surface area contributed by atoms with Gasteiger partial charge in [-0.15, -0.1) is 0 Å². The molecule has 4 nitrogen and oxygen atoms in total. The summed E-state index contributed by atoms with van der Waals surface area (Å²) in [6, 6.07) is 3.59. The zero-order valence-corrected chi connectivity index (χ0v) is 11.2. The number of fused-ring (bicyclic) bond motifs is 1. The number of carbonyl (C=O) groups excluding carboxylic acids is 1. The van der Waals surface area contributed by atoms with Crippen LogP contribution >= 0.6 is 11.6 Å². The molecule has 100 valence electrons. The first kappa shape index (κ1) is 12.4. The minimum absolute atomic E-state index is 0.0475. The number of halogens is 1. The minimum atomic E-state index is 0.0475. The van der Waals surface area contributed by atoms with Gasteiger partial charge in [0.05, 0.1) is 5.02 Å². The molecule has 1 saturated heterocycles. The van der Waals surface area contributed by atoms with Gasteiger partial charge in [0.1, 0.15) is 0 Å². The van der Waals surface area contributed by atoms with Gasteiger partial charge in [0.2, 0.25) is 12.7 Å². The van der Waals surface area contributed by atoms with Crippen molar-refractivity contribution < 1.29 is 14.3 Å². The molecular weight excluding hydrogens is 266 g/mol. The van der Waals surface area contributed by atoms with E-state index < -0.39 is 0 Å². The fourth-order valence-corrected chi connectivity index (χ4v) is 2.57. The molecule has 19 heavy (non-hydrogen) atoms. The fraction of sp³-hybridized carbons (Fsp3) is 0.357. The maximum absolute atomic E-state index is 11.9. The van der Waals surface area contributed by atoms with Crippen LogP contribution in [0.3, 0.4) is 0 Å². The molecule has 1 amide bonds. The van der Waals surface area contributed by atoms with E-state index in [9.17, 15) is 4.79 Å². The van der Waals surface area contributed by atoms with E-state index in [1.807, 2.05) is 11.0 Å². The van der Waals surface area contributed by atoms with E-state index >= 15 is 0 Å². The van der Waals surface area contributed by atoms with E-state index in [1.165, 1.54) is 0 Å². The Labute approximate surface area is 116 Å². The SMILES string of the molecule is O=C(/C=C/c1cc(Cl)c2c(c1)OCO2)N1CCCC1. The van der Waals surface area contributed by atoms with Crippen LogP contribution in [0, 0.1) is 0 Å². The minimum Gasteiger partial charge on any atom is -0.454 e. The maximum Gasteiger partial charge on any atom is 0.246 e. The first-order valence-corrected chi connectivity index (χ1v) is 6.68. The third kappa shape index (κ3) is 2.54. The molecule has 0 unspecified atom stereocenters. The Balaban J connectivity index is 1.76. The van der Waals surface area contributed by atoms with E-state index in [-0.39, 0.29) is 12.7 Å². The number of hydrogen-bond donors (Lipinski definition) is 0. The molecular formula is C14H14ClNO3. The van der Waals surface area contributed by atoms with E-state index in [0.717, 1.165) is 31.5 Å². The molecule has 2 heterocycles. The molecule has 0 bridgehead atoms. The number of likely N-dealkylation sites (tertiary alicyclic amines) is 1. The van der Waals surface area contributed by atoms with E-state index in [0.29, 0.717) is 16.5 Å². The van der Waals surface area contributed by atoms with Gasteiger partial charge in [-0.3, -0.25) is 4.79 Å². The van der Waals surface area contributed by atoms with Crippen LogP contribution in [0.25, 0.3) is 6.08 Å². The Kier molecular flexibility index (Phi) is 3.34.